The van der Waals surface area contributed by atoms with Gasteiger partial charge in [0.05, 0.1) is 7.11 Å². The molecule has 1 N–H and O–H groups in total. The fourth-order valence-corrected chi connectivity index (χ4v) is 1.10. The minimum absolute atomic E-state index is 0.269. The van der Waals surface area contributed by atoms with Crippen LogP contribution in [-0.4, -0.2) is 13.1 Å². The zero-order valence-electron chi connectivity index (χ0n) is 6.63. The average molecular weight is 187 g/mol. The number of aromatic amines is 1. The van der Waals surface area contributed by atoms with Gasteiger partial charge in [-0.1, -0.05) is 0 Å². The van der Waals surface area contributed by atoms with Crippen molar-refractivity contribution < 1.29 is 14.5 Å². The number of ether oxygens (including phenoxy) is 1. The Morgan fingerprint density at radius 3 is 3.08 bits per heavy atom. The van der Waals surface area contributed by atoms with E-state index in [1.54, 1.807) is 18.3 Å². The molecule has 4 heteroatoms. The minimum Gasteiger partial charge on any atom is -0.465 e. The molecule has 1 heterocycles. The molecular weight excluding hydrogens is 178 g/mol. The summed E-state index contributed by atoms with van der Waals surface area (Å²) in [6.45, 7) is 0. The van der Waals surface area contributed by atoms with Crippen LogP contribution in [0.25, 0.3) is 0 Å². The van der Waals surface area contributed by atoms with Gasteiger partial charge in [-0.25, -0.2) is 9.78 Å². The number of carbonyl (C=O) groups is 1. The van der Waals surface area contributed by atoms with Crippen molar-refractivity contribution in [3.63, 3.8) is 0 Å². The lowest BCUT2D eigenvalue weighted by Crippen LogP contribution is -2.16. The molecule has 1 aromatic rings. The number of esters is 1. The Bertz CT molecular complexity index is 288. The van der Waals surface area contributed by atoms with Crippen LogP contribution < -0.4 is 4.98 Å². The van der Waals surface area contributed by atoms with Gasteiger partial charge in [0.25, 0.3) is 0 Å². The number of rotatable bonds is 2. The largest absolute Gasteiger partial charge is 0.465 e. The normalized spacial score (nSPS) is 9.50. The number of H-pyrrole nitrogens is 1. The highest BCUT2D eigenvalue weighted by Gasteiger charge is 2.15. The zero-order valence-corrected chi connectivity index (χ0v) is 7.39. The van der Waals surface area contributed by atoms with Gasteiger partial charge in [-0.15, -0.1) is 11.6 Å². The number of alkyl halides is 1. The van der Waals surface area contributed by atoms with Gasteiger partial charge in [0, 0.05) is 6.07 Å². The molecule has 0 amide bonds. The van der Waals surface area contributed by atoms with E-state index in [0.29, 0.717) is 11.3 Å². The smallest absolute Gasteiger partial charge is 0.344 e. The summed E-state index contributed by atoms with van der Waals surface area (Å²) in [5.41, 5.74) is 1.15. The van der Waals surface area contributed by atoms with Crippen LogP contribution in [0.2, 0.25) is 0 Å². The van der Waals surface area contributed by atoms with Crippen LogP contribution >= 0.6 is 11.6 Å². The van der Waals surface area contributed by atoms with Crippen LogP contribution in [0.3, 0.4) is 0 Å². The van der Waals surface area contributed by atoms with E-state index in [9.17, 15) is 4.79 Å². The van der Waals surface area contributed by atoms with E-state index in [0.717, 1.165) is 0 Å². The molecule has 0 atom stereocenters. The summed E-state index contributed by atoms with van der Waals surface area (Å²) in [5.74, 6) is -0.104. The second-order valence-corrected chi connectivity index (χ2v) is 2.45. The Labute approximate surface area is 75.3 Å². The molecule has 0 aromatic carbocycles. The lowest BCUT2D eigenvalue weighted by molar-refractivity contribution is -0.388. The van der Waals surface area contributed by atoms with E-state index in [2.05, 4.69) is 9.72 Å². The van der Waals surface area contributed by atoms with Crippen LogP contribution in [-0.2, 0) is 10.6 Å². The average Bonchev–Trinajstić information content (AvgIpc) is 2.16. The predicted octanol–water partition coefficient (Wildman–Crippen LogP) is 1.03. The van der Waals surface area contributed by atoms with Gasteiger partial charge >= 0.3 is 5.97 Å². The minimum atomic E-state index is -0.373. The third-order valence-corrected chi connectivity index (χ3v) is 1.75. The van der Waals surface area contributed by atoms with E-state index in [-0.39, 0.29) is 11.8 Å². The van der Waals surface area contributed by atoms with Crippen molar-refractivity contribution in [2.45, 2.75) is 5.88 Å². The summed E-state index contributed by atoms with van der Waals surface area (Å²) < 4.78 is 4.56. The number of halogens is 1. The number of carbonyl (C=O) groups excluding carboxylic acids is 1. The molecule has 0 aliphatic rings. The molecule has 0 radical (unpaired) electrons. The van der Waals surface area contributed by atoms with Crippen LogP contribution in [0, 0.1) is 0 Å². The third-order valence-electron chi connectivity index (χ3n) is 1.48. The summed E-state index contributed by atoms with van der Waals surface area (Å²) in [5, 5.41) is 0. The molecule has 0 aliphatic carbocycles. The standard InChI is InChI=1S/C8H8ClNO2/c1-12-8(11)6-3-2-4-10-7(6)5-9/h2-4H,5H2,1H3/p+1. The third kappa shape index (κ3) is 1.74. The van der Waals surface area contributed by atoms with Gasteiger partial charge in [-0.05, 0) is 6.07 Å². The summed E-state index contributed by atoms with van der Waals surface area (Å²) in [4.78, 5) is 14.0. The van der Waals surface area contributed by atoms with Gasteiger partial charge in [0.1, 0.15) is 11.4 Å². The molecule has 0 aliphatic heterocycles. The number of aromatic nitrogens is 1. The lowest BCUT2D eigenvalue weighted by Gasteiger charge is -1.97. The molecule has 0 unspecified atom stereocenters. The van der Waals surface area contributed by atoms with Crippen LogP contribution in [0.1, 0.15) is 16.1 Å². The Morgan fingerprint density at radius 2 is 2.50 bits per heavy atom. The van der Waals surface area contributed by atoms with Gasteiger partial charge in [0.2, 0.25) is 5.69 Å². The molecule has 12 heavy (non-hydrogen) atoms. The highest BCUT2D eigenvalue weighted by atomic mass is 35.5. The number of hydrogen-bond donors (Lipinski definition) is 0. The molecule has 0 saturated carbocycles. The Hall–Kier alpha value is -1.09. The fraction of sp³-hybridized carbons (Fsp3) is 0.250. The molecule has 0 bridgehead atoms. The number of nitrogens with one attached hydrogen (secondary N) is 1. The molecule has 0 spiro atoms. The molecular formula is C8H9ClNO2+. The lowest BCUT2D eigenvalue weighted by atomic mass is 10.2. The number of hydrogen-bond acceptors (Lipinski definition) is 2. The van der Waals surface area contributed by atoms with Gasteiger partial charge in [-0.3, -0.25) is 0 Å². The first-order valence-electron chi connectivity index (χ1n) is 3.43. The summed E-state index contributed by atoms with van der Waals surface area (Å²) in [7, 11) is 1.34. The quantitative estimate of drug-likeness (QED) is 0.511. The van der Waals surface area contributed by atoms with Crippen molar-refractivity contribution in [2.24, 2.45) is 0 Å². The van der Waals surface area contributed by atoms with Crippen molar-refractivity contribution in [2.75, 3.05) is 7.11 Å². The fourth-order valence-electron chi connectivity index (χ4n) is 0.883. The van der Waals surface area contributed by atoms with Crippen molar-refractivity contribution >= 4 is 17.6 Å². The summed E-state index contributed by atoms with van der Waals surface area (Å²) in [6.07, 6.45) is 1.71. The maximum atomic E-state index is 11.1. The maximum absolute atomic E-state index is 11.1. The van der Waals surface area contributed by atoms with Gasteiger partial charge < -0.3 is 4.74 Å². The molecule has 64 valence electrons. The number of pyridine rings is 1. The molecule has 1 rings (SSSR count). The van der Waals surface area contributed by atoms with Gasteiger partial charge in [0.15, 0.2) is 6.20 Å². The van der Waals surface area contributed by atoms with E-state index >= 15 is 0 Å². The zero-order chi connectivity index (χ0) is 8.97. The second kappa shape index (κ2) is 4.07. The highest BCUT2D eigenvalue weighted by molar-refractivity contribution is 6.17. The topological polar surface area (TPSA) is 40.4 Å². The first-order valence-corrected chi connectivity index (χ1v) is 3.97. The maximum Gasteiger partial charge on any atom is 0.344 e. The highest BCUT2D eigenvalue weighted by Crippen LogP contribution is 2.05. The van der Waals surface area contributed by atoms with Crippen molar-refractivity contribution in [1.82, 2.24) is 0 Å². The Balaban J connectivity index is 3.04. The van der Waals surface area contributed by atoms with Crippen LogP contribution in [0.5, 0.6) is 0 Å². The Kier molecular flexibility index (Phi) is 3.05. The monoisotopic (exact) mass is 186 g/mol. The summed E-state index contributed by atoms with van der Waals surface area (Å²) in [6, 6.07) is 3.39. The van der Waals surface area contributed by atoms with Crippen molar-refractivity contribution in [3.05, 3.63) is 29.6 Å². The van der Waals surface area contributed by atoms with Crippen LogP contribution in [0.15, 0.2) is 18.3 Å². The molecule has 0 saturated heterocycles. The van der Waals surface area contributed by atoms with E-state index in [1.807, 2.05) is 0 Å². The summed E-state index contributed by atoms with van der Waals surface area (Å²) >= 11 is 5.59. The van der Waals surface area contributed by atoms with Crippen LogP contribution in [0.4, 0.5) is 0 Å². The SMILES string of the molecule is COC(=O)c1ccc[nH+]c1CCl. The van der Waals surface area contributed by atoms with Crippen molar-refractivity contribution in [3.8, 4) is 0 Å². The second-order valence-electron chi connectivity index (χ2n) is 2.19. The number of methoxy groups -OCH3 is 1. The molecule has 3 nitrogen and oxygen atoms in total. The van der Waals surface area contributed by atoms with E-state index < -0.39 is 0 Å². The molecule has 0 fully saturated rings. The van der Waals surface area contributed by atoms with E-state index in [4.69, 9.17) is 11.6 Å². The Morgan fingerprint density at radius 1 is 1.75 bits per heavy atom. The van der Waals surface area contributed by atoms with Gasteiger partial charge in [-0.2, -0.15) is 0 Å². The first-order chi connectivity index (χ1) is 5.79. The predicted molar refractivity (Wildman–Crippen MR) is 43.9 cm³/mol. The van der Waals surface area contributed by atoms with Crippen molar-refractivity contribution in [1.29, 1.82) is 0 Å². The first kappa shape index (κ1) is 9.00. The molecule has 1 aromatic heterocycles. The van der Waals surface area contributed by atoms with E-state index in [1.165, 1.54) is 7.11 Å².